The molecule has 3 atom stereocenters. The minimum atomic E-state index is 0.0342. The van der Waals surface area contributed by atoms with Crippen LogP contribution in [0.2, 0.25) is 0 Å². The fraction of sp³-hybridized carbons (Fsp3) is 0.706. The Morgan fingerprint density at radius 2 is 2.10 bits per heavy atom. The van der Waals surface area contributed by atoms with Gasteiger partial charge in [0.2, 0.25) is 5.91 Å². The van der Waals surface area contributed by atoms with Crippen LogP contribution in [0, 0.1) is 0 Å². The molecule has 0 saturated heterocycles. The van der Waals surface area contributed by atoms with Gasteiger partial charge >= 0.3 is 0 Å². The molecule has 4 heteroatoms. The van der Waals surface area contributed by atoms with E-state index in [1.54, 1.807) is 6.92 Å². The van der Waals surface area contributed by atoms with E-state index in [0.29, 0.717) is 6.17 Å². The maximum absolute atomic E-state index is 11.4. The number of carbonyl (C=O) groups excluding carboxylic acids is 1. The van der Waals surface area contributed by atoms with E-state index in [1.165, 1.54) is 19.3 Å². The van der Waals surface area contributed by atoms with Crippen LogP contribution in [-0.4, -0.2) is 29.3 Å². The van der Waals surface area contributed by atoms with Crippen LogP contribution in [0.4, 0.5) is 0 Å². The first kappa shape index (κ1) is 17.8. The van der Waals surface area contributed by atoms with Gasteiger partial charge in [0.15, 0.2) is 12.3 Å². The van der Waals surface area contributed by atoms with Crippen molar-refractivity contribution < 1.29 is 9.28 Å². The highest BCUT2D eigenvalue weighted by Crippen LogP contribution is 2.25. The average molecular weight is 294 g/mol. The number of nitrogens with one attached hydrogen (secondary N) is 2. The second kappa shape index (κ2) is 8.88. The van der Waals surface area contributed by atoms with Crippen molar-refractivity contribution in [3.63, 3.8) is 0 Å². The third-order valence-electron chi connectivity index (χ3n) is 4.40. The lowest BCUT2D eigenvalue weighted by Crippen LogP contribution is -2.62. The molecule has 21 heavy (non-hydrogen) atoms. The molecule has 1 amide bonds. The molecule has 0 radical (unpaired) electrons. The Hall–Kier alpha value is -1.29. The summed E-state index contributed by atoms with van der Waals surface area (Å²) in [4.78, 5) is 11.4. The SMILES string of the molecule is CCCC/C=C/CCC1NC=C[N+]1(CC)C(C)NC(C)=O. The van der Waals surface area contributed by atoms with E-state index >= 15 is 0 Å². The number of nitrogens with zero attached hydrogens (tertiary/aromatic N) is 1. The number of allylic oxidation sites excluding steroid dienone is 2. The van der Waals surface area contributed by atoms with Crippen LogP contribution >= 0.6 is 0 Å². The van der Waals surface area contributed by atoms with Gasteiger partial charge in [0.05, 0.1) is 12.7 Å². The van der Waals surface area contributed by atoms with E-state index in [4.69, 9.17) is 0 Å². The summed E-state index contributed by atoms with van der Waals surface area (Å²) in [5.74, 6) is 0.0342. The summed E-state index contributed by atoms with van der Waals surface area (Å²) in [6, 6.07) is 0. The predicted molar refractivity (Wildman–Crippen MR) is 88.0 cm³/mol. The van der Waals surface area contributed by atoms with Gasteiger partial charge in [0.25, 0.3) is 0 Å². The number of amides is 1. The summed E-state index contributed by atoms with van der Waals surface area (Å²) < 4.78 is 0.780. The van der Waals surface area contributed by atoms with Crippen molar-refractivity contribution in [3.05, 3.63) is 24.6 Å². The number of hydrogen-bond donors (Lipinski definition) is 2. The normalized spacial score (nSPS) is 26.0. The molecule has 0 aromatic heterocycles. The third kappa shape index (κ3) is 4.88. The van der Waals surface area contributed by atoms with Crippen molar-refractivity contribution >= 4 is 5.91 Å². The Bertz CT molecular complexity index is 378. The van der Waals surface area contributed by atoms with Gasteiger partial charge in [-0.05, 0) is 19.8 Å². The van der Waals surface area contributed by atoms with Crippen LogP contribution in [0.5, 0.6) is 0 Å². The van der Waals surface area contributed by atoms with Gasteiger partial charge in [-0.3, -0.25) is 9.28 Å². The van der Waals surface area contributed by atoms with Gasteiger partial charge in [-0.2, -0.15) is 0 Å². The molecule has 1 aliphatic rings. The van der Waals surface area contributed by atoms with E-state index in [9.17, 15) is 4.79 Å². The van der Waals surface area contributed by atoms with Gasteiger partial charge in [0, 0.05) is 20.3 Å². The molecule has 3 unspecified atom stereocenters. The number of hydrogen-bond acceptors (Lipinski definition) is 2. The fourth-order valence-corrected chi connectivity index (χ4v) is 3.08. The number of carbonyl (C=O) groups is 1. The highest BCUT2D eigenvalue weighted by Gasteiger charge is 2.41. The molecule has 1 aliphatic heterocycles. The second-order valence-electron chi connectivity index (χ2n) is 5.88. The first-order chi connectivity index (χ1) is 10.1. The minimum Gasteiger partial charge on any atom is -0.338 e. The van der Waals surface area contributed by atoms with Crippen LogP contribution in [0.3, 0.4) is 0 Å². The van der Waals surface area contributed by atoms with Crippen LogP contribution in [-0.2, 0) is 4.79 Å². The molecular weight excluding hydrogens is 262 g/mol. The Balaban J connectivity index is 2.56. The molecule has 0 fully saturated rings. The molecule has 0 aromatic rings. The summed E-state index contributed by atoms with van der Waals surface area (Å²) in [6.07, 6.45) is 15.1. The lowest BCUT2D eigenvalue weighted by molar-refractivity contribution is -0.923. The summed E-state index contributed by atoms with van der Waals surface area (Å²) in [5.41, 5.74) is 0. The topological polar surface area (TPSA) is 41.1 Å². The summed E-state index contributed by atoms with van der Waals surface area (Å²) in [6.45, 7) is 9.04. The largest absolute Gasteiger partial charge is 0.338 e. The number of rotatable bonds is 9. The molecule has 0 saturated carbocycles. The van der Waals surface area contributed by atoms with E-state index in [2.05, 4.69) is 49.8 Å². The molecule has 0 spiro atoms. The van der Waals surface area contributed by atoms with Gasteiger partial charge in [0.1, 0.15) is 6.20 Å². The molecular formula is C17H32N3O+. The molecule has 4 nitrogen and oxygen atoms in total. The van der Waals surface area contributed by atoms with Crippen molar-refractivity contribution in [2.45, 2.75) is 72.1 Å². The summed E-state index contributed by atoms with van der Waals surface area (Å²) in [5, 5.41) is 6.51. The highest BCUT2D eigenvalue weighted by molar-refractivity contribution is 5.72. The summed E-state index contributed by atoms with van der Waals surface area (Å²) in [7, 11) is 0. The van der Waals surface area contributed by atoms with Crippen molar-refractivity contribution in [2.75, 3.05) is 6.54 Å². The van der Waals surface area contributed by atoms with Gasteiger partial charge in [-0.1, -0.05) is 31.9 Å². The van der Waals surface area contributed by atoms with Gasteiger partial charge in [-0.15, -0.1) is 0 Å². The zero-order valence-corrected chi connectivity index (χ0v) is 14.1. The standard InChI is InChI=1S/C17H31N3O/c1-5-7-8-9-10-11-12-17-18-13-14-20(17,6-2)15(3)19-16(4)21/h9-10,13-15,17-18H,5-8,11-12H2,1-4H3/p+1/b10-9+. The van der Waals surface area contributed by atoms with Crippen molar-refractivity contribution in [1.82, 2.24) is 10.6 Å². The van der Waals surface area contributed by atoms with E-state index in [0.717, 1.165) is 23.9 Å². The Kier molecular flexibility index (Phi) is 7.51. The second-order valence-corrected chi connectivity index (χ2v) is 5.88. The van der Waals surface area contributed by atoms with E-state index in [1.807, 2.05) is 6.20 Å². The first-order valence-corrected chi connectivity index (χ1v) is 8.29. The maximum atomic E-state index is 11.4. The Morgan fingerprint density at radius 1 is 1.38 bits per heavy atom. The van der Waals surface area contributed by atoms with Gasteiger partial charge in [-0.25, -0.2) is 0 Å². The maximum Gasteiger partial charge on any atom is 0.221 e. The van der Waals surface area contributed by atoms with Crippen LogP contribution in [0.25, 0.3) is 0 Å². The molecule has 1 heterocycles. The fourth-order valence-electron chi connectivity index (χ4n) is 3.08. The van der Waals surface area contributed by atoms with E-state index in [-0.39, 0.29) is 12.1 Å². The zero-order chi connectivity index (χ0) is 15.7. The number of unbranched alkanes of at least 4 members (excludes halogenated alkanes) is 2. The lowest BCUT2D eigenvalue weighted by Gasteiger charge is -2.41. The Morgan fingerprint density at radius 3 is 2.71 bits per heavy atom. The molecule has 0 aliphatic carbocycles. The lowest BCUT2D eigenvalue weighted by atomic mass is 10.1. The van der Waals surface area contributed by atoms with Crippen LogP contribution < -0.4 is 10.6 Å². The zero-order valence-electron chi connectivity index (χ0n) is 14.1. The van der Waals surface area contributed by atoms with Crippen molar-refractivity contribution in [1.29, 1.82) is 0 Å². The van der Waals surface area contributed by atoms with Crippen molar-refractivity contribution in [2.24, 2.45) is 0 Å². The third-order valence-corrected chi connectivity index (χ3v) is 4.40. The average Bonchev–Trinajstić information content (AvgIpc) is 2.86. The molecule has 0 bridgehead atoms. The summed E-state index contributed by atoms with van der Waals surface area (Å²) >= 11 is 0. The minimum absolute atomic E-state index is 0.0342. The monoisotopic (exact) mass is 294 g/mol. The van der Waals surface area contributed by atoms with Crippen LogP contribution in [0.15, 0.2) is 24.6 Å². The number of quaternary nitrogens is 1. The van der Waals surface area contributed by atoms with Gasteiger partial charge < -0.3 is 10.6 Å². The van der Waals surface area contributed by atoms with Crippen LogP contribution in [0.1, 0.15) is 59.8 Å². The molecule has 2 N–H and O–H groups in total. The highest BCUT2D eigenvalue weighted by atomic mass is 16.1. The Labute approximate surface area is 129 Å². The smallest absolute Gasteiger partial charge is 0.221 e. The molecule has 120 valence electrons. The quantitative estimate of drug-likeness (QED) is 0.389. The van der Waals surface area contributed by atoms with Crippen molar-refractivity contribution in [3.8, 4) is 0 Å². The molecule has 1 rings (SSSR count). The first-order valence-electron chi connectivity index (χ1n) is 8.29. The molecule has 0 aromatic carbocycles. The van der Waals surface area contributed by atoms with E-state index < -0.39 is 0 Å². The predicted octanol–water partition coefficient (Wildman–Crippen LogP) is 3.23.